The number of fused-ring (bicyclic) bond motifs is 1. The van der Waals surface area contributed by atoms with Gasteiger partial charge in [0.15, 0.2) is 5.76 Å². The molecule has 0 atom stereocenters. The van der Waals surface area contributed by atoms with Gasteiger partial charge in [-0.2, -0.15) is 0 Å². The third-order valence-electron chi connectivity index (χ3n) is 3.60. The van der Waals surface area contributed by atoms with Crippen molar-refractivity contribution in [2.75, 3.05) is 11.1 Å². The minimum atomic E-state index is -0.275. The van der Waals surface area contributed by atoms with Crippen molar-refractivity contribution in [1.82, 2.24) is 0 Å². The van der Waals surface area contributed by atoms with Crippen LogP contribution in [0.3, 0.4) is 0 Å². The van der Waals surface area contributed by atoms with Crippen LogP contribution >= 0.6 is 0 Å². The summed E-state index contributed by atoms with van der Waals surface area (Å²) in [5.41, 5.74) is 9.80. The second-order valence-corrected chi connectivity index (χ2v) is 5.07. The van der Waals surface area contributed by atoms with E-state index in [9.17, 15) is 4.79 Å². The lowest BCUT2D eigenvalue weighted by Crippen LogP contribution is -2.13. The molecule has 0 saturated carbocycles. The molecule has 0 bridgehead atoms. The number of aryl methyl sites for hydroxylation is 1. The molecule has 3 rings (SSSR count). The molecule has 1 aromatic heterocycles. The molecular formula is C17H16N2O2. The van der Waals surface area contributed by atoms with Crippen LogP contribution in [-0.4, -0.2) is 5.91 Å². The summed E-state index contributed by atoms with van der Waals surface area (Å²) >= 11 is 0. The molecule has 0 aliphatic heterocycles. The van der Waals surface area contributed by atoms with E-state index in [0.29, 0.717) is 11.3 Å². The largest absolute Gasteiger partial charge is 0.451 e. The fourth-order valence-electron chi connectivity index (χ4n) is 2.32. The number of nitrogens with two attached hydrogens (primary N) is 1. The summed E-state index contributed by atoms with van der Waals surface area (Å²) in [6.07, 6.45) is 0. The van der Waals surface area contributed by atoms with Crippen LogP contribution in [0.5, 0.6) is 0 Å². The maximum absolute atomic E-state index is 12.4. The van der Waals surface area contributed by atoms with Crippen molar-refractivity contribution in [1.29, 1.82) is 0 Å². The molecule has 0 aliphatic rings. The van der Waals surface area contributed by atoms with Gasteiger partial charge >= 0.3 is 0 Å². The second-order valence-electron chi connectivity index (χ2n) is 5.07. The zero-order chi connectivity index (χ0) is 15.0. The molecule has 4 nitrogen and oxygen atoms in total. The van der Waals surface area contributed by atoms with Gasteiger partial charge in [-0.15, -0.1) is 0 Å². The van der Waals surface area contributed by atoms with Gasteiger partial charge in [-0.05, 0) is 43.2 Å². The average molecular weight is 280 g/mol. The van der Waals surface area contributed by atoms with Gasteiger partial charge in [0.25, 0.3) is 5.91 Å². The zero-order valence-corrected chi connectivity index (χ0v) is 11.9. The van der Waals surface area contributed by atoms with Crippen molar-refractivity contribution >= 4 is 28.3 Å². The first-order valence-electron chi connectivity index (χ1n) is 6.72. The monoisotopic (exact) mass is 280 g/mol. The van der Waals surface area contributed by atoms with E-state index in [1.54, 1.807) is 6.07 Å². The lowest BCUT2D eigenvalue weighted by Gasteiger charge is -2.12. The number of hydrogen-bond donors (Lipinski definition) is 2. The van der Waals surface area contributed by atoms with Gasteiger partial charge in [0.1, 0.15) is 5.58 Å². The molecule has 106 valence electrons. The van der Waals surface area contributed by atoms with Crippen molar-refractivity contribution in [3.63, 3.8) is 0 Å². The van der Waals surface area contributed by atoms with Gasteiger partial charge in [0.2, 0.25) is 0 Å². The minimum Gasteiger partial charge on any atom is -0.451 e. The Hall–Kier alpha value is -2.75. The molecule has 0 spiro atoms. The van der Waals surface area contributed by atoms with Crippen LogP contribution in [0, 0.1) is 13.8 Å². The normalized spacial score (nSPS) is 10.8. The maximum atomic E-state index is 12.4. The first-order chi connectivity index (χ1) is 10.1. The first-order valence-corrected chi connectivity index (χ1v) is 6.72. The lowest BCUT2D eigenvalue weighted by atomic mass is 10.1. The highest BCUT2D eigenvalue weighted by Gasteiger charge is 2.15. The van der Waals surface area contributed by atoms with Crippen LogP contribution in [0.1, 0.15) is 21.7 Å². The summed E-state index contributed by atoms with van der Waals surface area (Å²) in [7, 11) is 0. The molecule has 1 amide bonds. The number of amides is 1. The number of para-hydroxylation sites is 1. The Morgan fingerprint density at radius 1 is 1.14 bits per heavy atom. The summed E-state index contributed by atoms with van der Waals surface area (Å²) in [6, 6.07) is 13.0. The molecule has 2 aromatic carbocycles. The minimum absolute atomic E-state index is 0.275. The third kappa shape index (κ3) is 2.36. The number of carbonyl (C=O) groups excluding carboxylic acids is 1. The Morgan fingerprint density at radius 2 is 1.90 bits per heavy atom. The molecular weight excluding hydrogens is 264 g/mol. The van der Waals surface area contributed by atoms with Crippen LogP contribution in [0.25, 0.3) is 11.0 Å². The fraction of sp³-hybridized carbons (Fsp3) is 0.118. The Labute approximate surface area is 122 Å². The van der Waals surface area contributed by atoms with E-state index in [1.165, 1.54) is 0 Å². The molecule has 3 aromatic rings. The van der Waals surface area contributed by atoms with E-state index >= 15 is 0 Å². The van der Waals surface area contributed by atoms with Crippen molar-refractivity contribution < 1.29 is 9.21 Å². The van der Waals surface area contributed by atoms with Crippen LogP contribution in [0.2, 0.25) is 0 Å². The van der Waals surface area contributed by atoms with Crippen molar-refractivity contribution in [3.05, 3.63) is 59.4 Å². The molecule has 0 radical (unpaired) electrons. The van der Waals surface area contributed by atoms with Gasteiger partial charge in [-0.25, -0.2) is 0 Å². The molecule has 1 heterocycles. The third-order valence-corrected chi connectivity index (χ3v) is 3.60. The topological polar surface area (TPSA) is 68.3 Å². The highest BCUT2D eigenvalue weighted by atomic mass is 16.3. The summed E-state index contributed by atoms with van der Waals surface area (Å²) in [6.45, 7) is 3.82. The van der Waals surface area contributed by atoms with E-state index in [2.05, 4.69) is 5.32 Å². The SMILES string of the molecule is Cc1ccc(N)c(C)c1NC(=O)c1cc2ccccc2o1. The Bertz CT molecular complexity index is 801. The highest BCUT2D eigenvalue weighted by Crippen LogP contribution is 2.26. The molecule has 0 unspecified atom stereocenters. The summed E-state index contributed by atoms with van der Waals surface area (Å²) in [4.78, 5) is 12.4. The quantitative estimate of drug-likeness (QED) is 0.700. The van der Waals surface area contributed by atoms with E-state index in [1.807, 2.05) is 50.2 Å². The van der Waals surface area contributed by atoms with E-state index in [-0.39, 0.29) is 11.7 Å². The predicted molar refractivity (Wildman–Crippen MR) is 84.5 cm³/mol. The molecule has 21 heavy (non-hydrogen) atoms. The van der Waals surface area contributed by atoms with Gasteiger partial charge in [0, 0.05) is 16.8 Å². The first kappa shape index (κ1) is 13.2. The van der Waals surface area contributed by atoms with Crippen molar-refractivity contribution in [3.8, 4) is 0 Å². The number of anilines is 2. The molecule has 3 N–H and O–H groups in total. The number of carbonyl (C=O) groups is 1. The van der Waals surface area contributed by atoms with Crippen LogP contribution in [0.15, 0.2) is 46.9 Å². The summed E-state index contributed by atoms with van der Waals surface area (Å²) in [5, 5.41) is 3.79. The zero-order valence-electron chi connectivity index (χ0n) is 11.9. The number of furan rings is 1. The van der Waals surface area contributed by atoms with Crippen LogP contribution < -0.4 is 11.1 Å². The summed E-state index contributed by atoms with van der Waals surface area (Å²) in [5.74, 6) is 0.0143. The molecule has 4 heteroatoms. The second kappa shape index (κ2) is 4.98. The van der Waals surface area contributed by atoms with E-state index < -0.39 is 0 Å². The van der Waals surface area contributed by atoms with Crippen LogP contribution in [-0.2, 0) is 0 Å². The Balaban J connectivity index is 1.95. The molecule has 0 fully saturated rings. The number of benzene rings is 2. The average Bonchev–Trinajstić information content (AvgIpc) is 2.91. The Morgan fingerprint density at radius 3 is 2.67 bits per heavy atom. The lowest BCUT2D eigenvalue weighted by molar-refractivity contribution is 0.0998. The maximum Gasteiger partial charge on any atom is 0.291 e. The van der Waals surface area contributed by atoms with Crippen molar-refractivity contribution in [2.24, 2.45) is 0 Å². The summed E-state index contributed by atoms with van der Waals surface area (Å²) < 4.78 is 5.57. The standard InChI is InChI=1S/C17H16N2O2/c1-10-7-8-13(18)11(2)16(10)19-17(20)15-9-12-5-3-4-6-14(12)21-15/h3-9H,18H2,1-2H3,(H,19,20). The van der Waals surface area contributed by atoms with Gasteiger partial charge in [0.05, 0.1) is 0 Å². The molecule has 0 aliphatic carbocycles. The fourth-order valence-corrected chi connectivity index (χ4v) is 2.32. The van der Waals surface area contributed by atoms with E-state index in [0.717, 1.165) is 22.2 Å². The van der Waals surface area contributed by atoms with Gasteiger partial charge in [-0.1, -0.05) is 24.3 Å². The van der Waals surface area contributed by atoms with Crippen molar-refractivity contribution in [2.45, 2.75) is 13.8 Å². The molecule has 0 saturated heterocycles. The number of nitrogens with one attached hydrogen (secondary N) is 1. The van der Waals surface area contributed by atoms with Gasteiger partial charge < -0.3 is 15.5 Å². The van der Waals surface area contributed by atoms with Crippen LogP contribution in [0.4, 0.5) is 11.4 Å². The number of nitrogen functional groups attached to an aromatic ring is 1. The number of rotatable bonds is 2. The van der Waals surface area contributed by atoms with Gasteiger partial charge in [-0.3, -0.25) is 4.79 Å². The van der Waals surface area contributed by atoms with E-state index in [4.69, 9.17) is 10.2 Å². The smallest absolute Gasteiger partial charge is 0.291 e. The highest BCUT2D eigenvalue weighted by molar-refractivity contribution is 6.05. The predicted octanol–water partition coefficient (Wildman–Crippen LogP) is 3.88. The Kier molecular flexibility index (Phi) is 3.14. The number of hydrogen-bond acceptors (Lipinski definition) is 3.